The minimum absolute atomic E-state index is 0.174. The summed E-state index contributed by atoms with van der Waals surface area (Å²) in [7, 11) is 0. The number of hydrogen-bond donors (Lipinski definition) is 1. The summed E-state index contributed by atoms with van der Waals surface area (Å²) in [5, 5.41) is 10.8. The zero-order chi connectivity index (χ0) is 12.5. The maximum atomic E-state index is 10.8. The average molecular weight is 234 g/mol. The van der Waals surface area contributed by atoms with Gasteiger partial charge in [-0.1, -0.05) is 25.3 Å². The molecular weight excluding hydrogens is 216 g/mol. The fraction of sp³-hybridized carbons (Fsp3) is 0.538. The first-order valence-electron chi connectivity index (χ1n) is 6.07. The van der Waals surface area contributed by atoms with Crippen LogP contribution in [0.3, 0.4) is 0 Å². The van der Waals surface area contributed by atoms with E-state index in [9.17, 15) is 10.1 Å². The van der Waals surface area contributed by atoms with Crippen LogP contribution in [0.15, 0.2) is 18.2 Å². The van der Waals surface area contributed by atoms with Crippen LogP contribution >= 0.6 is 0 Å². The fourth-order valence-corrected chi connectivity index (χ4v) is 2.64. The molecule has 1 aromatic carbocycles. The van der Waals surface area contributed by atoms with E-state index < -0.39 is 0 Å². The Bertz CT molecular complexity index is 437. The minimum Gasteiger partial charge on any atom is -0.321 e. The molecule has 1 aliphatic carbocycles. The lowest BCUT2D eigenvalue weighted by Crippen LogP contribution is -2.38. The number of rotatable bonds is 2. The van der Waals surface area contributed by atoms with E-state index in [1.165, 1.54) is 6.42 Å². The van der Waals surface area contributed by atoms with Crippen LogP contribution in [0.4, 0.5) is 5.69 Å². The van der Waals surface area contributed by atoms with E-state index in [1.807, 2.05) is 12.1 Å². The van der Waals surface area contributed by atoms with Crippen LogP contribution < -0.4 is 5.73 Å². The highest BCUT2D eigenvalue weighted by atomic mass is 16.6. The van der Waals surface area contributed by atoms with Gasteiger partial charge >= 0.3 is 0 Å². The Balaban J connectivity index is 2.33. The molecule has 17 heavy (non-hydrogen) atoms. The summed E-state index contributed by atoms with van der Waals surface area (Å²) in [5.41, 5.74) is 8.04. The highest BCUT2D eigenvalue weighted by Gasteiger charge is 2.30. The molecule has 4 heteroatoms. The molecule has 0 spiro atoms. The molecule has 0 bridgehead atoms. The highest BCUT2D eigenvalue weighted by Crippen LogP contribution is 2.36. The van der Waals surface area contributed by atoms with Gasteiger partial charge in [-0.15, -0.1) is 0 Å². The predicted molar refractivity (Wildman–Crippen MR) is 66.8 cm³/mol. The van der Waals surface area contributed by atoms with Crippen LogP contribution in [0.1, 0.15) is 43.2 Å². The van der Waals surface area contributed by atoms with Gasteiger partial charge in [-0.3, -0.25) is 10.1 Å². The van der Waals surface area contributed by atoms with Gasteiger partial charge in [0.2, 0.25) is 0 Å². The molecule has 0 heterocycles. The molecule has 1 aliphatic rings. The molecule has 0 radical (unpaired) electrons. The van der Waals surface area contributed by atoms with Crippen molar-refractivity contribution >= 4 is 5.69 Å². The van der Waals surface area contributed by atoms with E-state index in [-0.39, 0.29) is 16.1 Å². The van der Waals surface area contributed by atoms with Gasteiger partial charge in [-0.05, 0) is 31.4 Å². The molecule has 92 valence electrons. The summed E-state index contributed by atoms with van der Waals surface area (Å²) in [6.07, 6.45) is 5.48. The Hall–Kier alpha value is -1.42. The van der Waals surface area contributed by atoms with E-state index in [1.54, 1.807) is 13.0 Å². The number of nitro benzene ring substituents is 1. The Morgan fingerprint density at radius 1 is 1.29 bits per heavy atom. The summed E-state index contributed by atoms with van der Waals surface area (Å²) < 4.78 is 0. The van der Waals surface area contributed by atoms with Gasteiger partial charge in [0.05, 0.1) is 4.92 Å². The zero-order valence-electron chi connectivity index (χ0n) is 10.1. The van der Waals surface area contributed by atoms with Crippen molar-refractivity contribution < 1.29 is 4.92 Å². The van der Waals surface area contributed by atoms with Crippen molar-refractivity contribution in [1.82, 2.24) is 0 Å². The molecule has 0 atom stereocenters. The Morgan fingerprint density at radius 2 is 1.94 bits per heavy atom. The van der Waals surface area contributed by atoms with Crippen molar-refractivity contribution in [3.63, 3.8) is 0 Å². The Kier molecular flexibility index (Phi) is 3.15. The molecule has 4 nitrogen and oxygen atoms in total. The molecule has 1 aromatic rings. The van der Waals surface area contributed by atoms with Crippen LogP contribution in [0.25, 0.3) is 0 Å². The van der Waals surface area contributed by atoms with Crippen molar-refractivity contribution in [3.8, 4) is 0 Å². The van der Waals surface area contributed by atoms with Crippen LogP contribution in [0.5, 0.6) is 0 Å². The summed E-state index contributed by atoms with van der Waals surface area (Å²) in [6, 6.07) is 5.27. The molecule has 1 saturated carbocycles. The first kappa shape index (κ1) is 12.0. The van der Waals surface area contributed by atoms with Crippen molar-refractivity contribution in [2.75, 3.05) is 0 Å². The molecule has 0 amide bonds. The average Bonchev–Trinajstić information content (AvgIpc) is 2.29. The first-order chi connectivity index (χ1) is 8.03. The van der Waals surface area contributed by atoms with Crippen molar-refractivity contribution in [1.29, 1.82) is 0 Å². The van der Waals surface area contributed by atoms with Gasteiger partial charge in [-0.25, -0.2) is 0 Å². The maximum Gasteiger partial charge on any atom is 0.272 e. The second-order valence-corrected chi connectivity index (χ2v) is 4.98. The van der Waals surface area contributed by atoms with Gasteiger partial charge in [-0.2, -0.15) is 0 Å². The van der Waals surface area contributed by atoms with Crippen LogP contribution in [0, 0.1) is 17.0 Å². The van der Waals surface area contributed by atoms with Crippen molar-refractivity contribution in [3.05, 3.63) is 39.4 Å². The third kappa shape index (κ3) is 2.31. The van der Waals surface area contributed by atoms with Crippen LogP contribution in [0.2, 0.25) is 0 Å². The van der Waals surface area contributed by atoms with Crippen molar-refractivity contribution in [2.24, 2.45) is 5.73 Å². The van der Waals surface area contributed by atoms with Crippen LogP contribution in [-0.4, -0.2) is 4.92 Å². The van der Waals surface area contributed by atoms with E-state index in [0.717, 1.165) is 31.2 Å². The largest absolute Gasteiger partial charge is 0.321 e. The molecular formula is C13H18N2O2. The smallest absolute Gasteiger partial charge is 0.272 e. The Labute approximate surface area is 101 Å². The summed E-state index contributed by atoms with van der Waals surface area (Å²) >= 11 is 0. The van der Waals surface area contributed by atoms with E-state index in [4.69, 9.17) is 5.73 Å². The van der Waals surface area contributed by atoms with Gasteiger partial charge in [0, 0.05) is 17.2 Å². The molecule has 0 unspecified atom stereocenters. The lowest BCUT2D eigenvalue weighted by Gasteiger charge is -2.34. The topological polar surface area (TPSA) is 69.2 Å². The zero-order valence-corrected chi connectivity index (χ0v) is 10.1. The summed E-state index contributed by atoms with van der Waals surface area (Å²) in [5.74, 6) is 0. The minimum atomic E-state index is -0.344. The lowest BCUT2D eigenvalue weighted by molar-refractivity contribution is -0.385. The number of aryl methyl sites for hydroxylation is 1. The molecule has 2 N–H and O–H groups in total. The second-order valence-electron chi connectivity index (χ2n) is 4.98. The maximum absolute atomic E-state index is 10.8. The third-order valence-electron chi connectivity index (χ3n) is 3.71. The van der Waals surface area contributed by atoms with Crippen LogP contribution in [-0.2, 0) is 5.54 Å². The monoisotopic (exact) mass is 234 g/mol. The summed E-state index contributed by atoms with van der Waals surface area (Å²) in [6.45, 7) is 1.77. The predicted octanol–water partition coefficient (Wildman–Crippen LogP) is 3.02. The lowest BCUT2D eigenvalue weighted by atomic mass is 9.77. The highest BCUT2D eigenvalue weighted by molar-refractivity contribution is 5.43. The number of nitrogens with two attached hydrogens (primary N) is 1. The number of hydrogen-bond acceptors (Lipinski definition) is 3. The molecule has 0 aliphatic heterocycles. The first-order valence-corrected chi connectivity index (χ1v) is 6.07. The van der Waals surface area contributed by atoms with E-state index in [0.29, 0.717) is 5.56 Å². The molecule has 0 saturated heterocycles. The van der Waals surface area contributed by atoms with Gasteiger partial charge in [0.15, 0.2) is 0 Å². The normalized spacial score (nSPS) is 18.9. The van der Waals surface area contributed by atoms with Gasteiger partial charge in [0.1, 0.15) is 0 Å². The summed E-state index contributed by atoms with van der Waals surface area (Å²) in [4.78, 5) is 10.4. The number of benzene rings is 1. The second kappa shape index (κ2) is 4.45. The SMILES string of the molecule is Cc1cc(C2(N)CCCCC2)ccc1[N+](=O)[O-]. The van der Waals surface area contributed by atoms with Crippen molar-refractivity contribution in [2.45, 2.75) is 44.6 Å². The molecule has 1 fully saturated rings. The van der Waals surface area contributed by atoms with Gasteiger partial charge in [0.25, 0.3) is 5.69 Å². The van der Waals surface area contributed by atoms with E-state index in [2.05, 4.69) is 0 Å². The van der Waals surface area contributed by atoms with E-state index >= 15 is 0 Å². The molecule has 0 aromatic heterocycles. The third-order valence-corrected chi connectivity index (χ3v) is 3.71. The van der Waals surface area contributed by atoms with Gasteiger partial charge < -0.3 is 5.73 Å². The Morgan fingerprint density at radius 3 is 2.47 bits per heavy atom. The molecule has 2 rings (SSSR count). The fourth-order valence-electron chi connectivity index (χ4n) is 2.64. The number of nitro groups is 1. The standard InChI is InChI=1S/C13H18N2O2/c1-10-9-11(5-6-12(10)15(16)17)13(14)7-3-2-4-8-13/h5-6,9H,2-4,7-8,14H2,1H3. The number of nitrogens with zero attached hydrogens (tertiary/aromatic N) is 1. The quantitative estimate of drug-likeness (QED) is 0.631.